The highest BCUT2D eigenvalue weighted by Gasteiger charge is 2.46. The lowest BCUT2D eigenvalue weighted by molar-refractivity contribution is -0.183. The Morgan fingerprint density at radius 1 is 1.27 bits per heavy atom. The number of morpholine rings is 1. The van der Waals surface area contributed by atoms with Gasteiger partial charge in [0.1, 0.15) is 12.4 Å². The standard InChI is InChI=1S/C17H23FN2O2/c1-13-17(22-12-16(21)19(13)2)7-9-20(10-8-17)11-14-3-5-15(18)6-4-14/h3-6,13H,7-12H2,1-2H3/t13-/m1/s1. The molecule has 4 nitrogen and oxygen atoms in total. The van der Waals surface area contributed by atoms with Crippen LogP contribution < -0.4 is 0 Å². The van der Waals surface area contributed by atoms with Gasteiger partial charge in [0, 0.05) is 26.7 Å². The maximum Gasteiger partial charge on any atom is 0.248 e. The van der Waals surface area contributed by atoms with Gasteiger partial charge in [-0.15, -0.1) is 0 Å². The Bertz CT molecular complexity index is 538. The number of likely N-dealkylation sites (N-methyl/N-ethyl adjacent to an activating group) is 1. The average molecular weight is 306 g/mol. The number of hydrogen-bond donors (Lipinski definition) is 0. The zero-order chi connectivity index (χ0) is 15.7. The van der Waals surface area contributed by atoms with E-state index in [-0.39, 0.29) is 30.0 Å². The number of carbonyl (C=O) groups is 1. The van der Waals surface area contributed by atoms with E-state index in [1.165, 1.54) is 12.1 Å². The number of carbonyl (C=O) groups excluding carboxylic acids is 1. The molecule has 2 saturated heterocycles. The molecule has 5 heteroatoms. The molecule has 1 atom stereocenters. The van der Waals surface area contributed by atoms with Crippen LogP contribution in [0.4, 0.5) is 4.39 Å². The fourth-order valence-corrected chi connectivity index (χ4v) is 3.50. The van der Waals surface area contributed by atoms with Crippen molar-refractivity contribution in [1.29, 1.82) is 0 Å². The van der Waals surface area contributed by atoms with Crippen molar-refractivity contribution in [1.82, 2.24) is 9.80 Å². The second-order valence-electron chi connectivity index (χ2n) is 6.44. The van der Waals surface area contributed by atoms with Crippen LogP contribution in [0.3, 0.4) is 0 Å². The number of nitrogens with zero attached hydrogens (tertiary/aromatic N) is 2. The molecule has 2 aliphatic rings. The first-order chi connectivity index (χ1) is 10.5. The summed E-state index contributed by atoms with van der Waals surface area (Å²) in [5, 5.41) is 0. The van der Waals surface area contributed by atoms with Crippen molar-refractivity contribution in [3.05, 3.63) is 35.6 Å². The van der Waals surface area contributed by atoms with Gasteiger partial charge in [0.25, 0.3) is 0 Å². The zero-order valence-electron chi connectivity index (χ0n) is 13.2. The first kappa shape index (κ1) is 15.4. The molecule has 1 amide bonds. The van der Waals surface area contributed by atoms with E-state index in [1.54, 1.807) is 0 Å². The number of amides is 1. The quantitative estimate of drug-likeness (QED) is 0.838. The molecule has 0 saturated carbocycles. The van der Waals surface area contributed by atoms with Crippen LogP contribution in [-0.4, -0.2) is 54.1 Å². The Balaban J connectivity index is 1.60. The summed E-state index contributed by atoms with van der Waals surface area (Å²) in [6, 6.07) is 6.81. The van der Waals surface area contributed by atoms with E-state index in [0.717, 1.165) is 38.0 Å². The van der Waals surface area contributed by atoms with E-state index in [4.69, 9.17) is 4.74 Å². The molecule has 0 bridgehead atoms. The van der Waals surface area contributed by atoms with Gasteiger partial charge in [-0.3, -0.25) is 9.69 Å². The van der Waals surface area contributed by atoms with Crippen LogP contribution in [0.1, 0.15) is 25.3 Å². The molecule has 0 aromatic heterocycles. The normalized spacial score (nSPS) is 25.7. The molecule has 0 aliphatic carbocycles. The Hall–Kier alpha value is -1.46. The van der Waals surface area contributed by atoms with Crippen LogP contribution in [0.25, 0.3) is 0 Å². The first-order valence-electron chi connectivity index (χ1n) is 7.87. The van der Waals surface area contributed by atoms with Gasteiger partial charge in [0.2, 0.25) is 5.91 Å². The second kappa shape index (κ2) is 5.97. The molecule has 0 radical (unpaired) electrons. The lowest BCUT2D eigenvalue weighted by atomic mass is 9.83. The van der Waals surface area contributed by atoms with Gasteiger partial charge in [-0.05, 0) is 37.5 Å². The van der Waals surface area contributed by atoms with Gasteiger partial charge in [-0.2, -0.15) is 0 Å². The van der Waals surface area contributed by atoms with Crippen LogP contribution in [0, 0.1) is 5.82 Å². The summed E-state index contributed by atoms with van der Waals surface area (Å²) >= 11 is 0. The summed E-state index contributed by atoms with van der Waals surface area (Å²) in [7, 11) is 1.86. The smallest absolute Gasteiger partial charge is 0.248 e. The number of benzene rings is 1. The predicted molar refractivity (Wildman–Crippen MR) is 81.8 cm³/mol. The predicted octanol–water partition coefficient (Wildman–Crippen LogP) is 2.04. The van der Waals surface area contributed by atoms with Gasteiger partial charge in [-0.1, -0.05) is 12.1 Å². The average Bonchev–Trinajstić information content (AvgIpc) is 2.53. The lowest BCUT2D eigenvalue weighted by Gasteiger charge is -2.50. The van der Waals surface area contributed by atoms with Crippen molar-refractivity contribution < 1.29 is 13.9 Å². The third-order valence-corrected chi connectivity index (χ3v) is 5.24. The SMILES string of the molecule is C[C@H]1N(C)C(=O)COC12CCN(Cc1ccc(F)cc1)CC2. The summed E-state index contributed by atoms with van der Waals surface area (Å²) in [6.45, 7) is 4.97. The van der Waals surface area contributed by atoms with Gasteiger partial charge in [-0.25, -0.2) is 4.39 Å². The minimum atomic E-state index is -0.206. The lowest BCUT2D eigenvalue weighted by Crippen LogP contribution is -2.62. The minimum absolute atomic E-state index is 0.0619. The number of hydrogen-bond acceptors (Lipinski definition) is 3. The Morgan fingerprint density at radius 3 is 2.55 bits per heavy atom. The van der Waals surface area contributed by atoms with Crippen LogP contribution >= 0.6 is 0 Å². The number of halogens is 1. The van der Waals surface area contributed by atoms with Gasteiger partial charge < -0.3 is 9.64 Å². The highest BCUT2D eigenvalue weighted by molar-refractivity contribution is 5.78. The summed E-state index contributed by atoms with van der Waals surface area (Å²) in [4.78, 5) is 15.9. The number of rotatable bonds is 2. The van der Waals surface area contributed by atoms with Crippen LogP contribution in [0.2, 0.25) is 0 Å². The number of ether oxygens (including phenoxy) is 1. The van der Waals surface area contributed by atoms with Crippen molar-refractivity contribution >= 4 is 5.91 Å². The summed E-state index contributed by atoms with van der Waals surface area (Å²) < 4.78 is 18.9. The van der Waals surface area contributed by atoms with E-state index in [0.29, 0.717) is 0 Å². The Labute approximate surface area is 130 Å². The molecule has 0 N–H and O–H groups in total. The third kappa shape index (κ3) is 2.88. The van der Waals surface area contributed by atoms with Crippen molar-refractivity contribution in [3.8, 4) is 0 Å². The maximum absolute atomic E-state index is 13.0. The Morgan fingerprint density at radius 2 is 1.91 bits per heavy atom. The monoisotopic (exact) mass is 306 g/mol. The van der Waals surface area contributed by atoms with E-state index >= 15 is 0 Å². The van der Waals surface area contributed by atoms with Crippen molar-refractivity contribution in [2.75, 3.05) is 26.7 Å². The van der Waals surface area contributed by atoms with E-state index in [9.17, 15) is 9.18 Å². The van der Waals surface area contributed by atoms with Crippen molar-refractivity contribution in [2.45, 2.75) is 38.0 Å². The van der Waals surface area contributed by atoms with E-state index in [1.807, 2.05) is 24.1 Å². The number of piperidine rings is 1. The summed E-state index contributed by atoms with van der Waals surface area (Å²) in [6.07, 6.45) is 1.85. The van der Waals surface area contributed by atoms with E-state index < -0.39 is 0 Å². The van der Waals surface area contributed by atoms with Gasteiger partial charge in [0.15, 0.2) is 0 Å². The highest BCUT2D eigenvalue weighted by Crippen LogP contribution is 2.35. The molecule has 3 rings (SSSR count). The first-order valence-corrected chi connectivity index (χ1v) is 7.87. The van der Waals surface area contributed by atoms with E-state index in [2.05, 4.69) is 11.8 Å². The summed E-state index contributed by atoms with van der Waals surface area (Å²) in [5.41, 5.74) is 0.921. The third-order valence-electron chi connectivity index (χ3n) is 5.24. The largest absolute Gasteiger partial charge is 0.363 e. The fourth-order valence-electron chi connectivity index (χ4n) is 3.50. The molecule has 120 valence electrons. The maximum atomic E-state index is 13.0. The molecule has 1 aromatic rings. The van der Waals surface area contributed by atoms with Crippen LogP contribution in [0.5, 0.6) is 0 Å². The van der Waals surface area contributed by atoms with Crippen molar-refractivity contribution in [3.63, 3.8) is 0 Å². The molecular formula is C17H23FN2O2. The molecule has 1 aromatic carbocycles. The molecule has 1 spiro atoms. The molecule has 2 heterocycles. The summed E-state index contributed by atoms with van der Waals surface area (Å²) in [5.74, 6) is -0.134. The molecule has 2 aliphatic heterocycles. The molecule has 2 fully saturated rings. The van der Waals surface area contributed by atoms with Crippen LogP contribution in [0.15, 0.2) is 24.3 Å². The highest BCUT2D eigenvalue weighted by atomic mass is 19.1. The Kier molecular flexibility index (Phi) is 4.19. The number of likely N-dealkylation sites (tertiary alicyclic amines) is 1. The van der Waals surface area contributed by atoms with Gasteiger partial charge >= 0.3 is 0 Å². The fraction of sp³-hybridized carbons (Fsp3) is 0.588. The second-order valence-corrected chi connectivity index (χ2v) is 6.44. The van der Waals surface area contributed by atoms with Gasteiger partial charge in [0.05, 0.1) is 11.6 Å². The minimum Gasteiger partial charge on any atom is -0.363 e. The van der Waals surface area contributed by atoms with Crippen molar-refractivity contribution in [2.24, 2.45) is 0 Å². The molecule has 22 heavy (non-hydrogen) atoms. The zero-order valence-corrected chi connectivity index (χ0v) is 13.2. The topological polar surface area (TPSA) is 32.8 Å². The molecule has 0 unspecified atom stereocenters. The molecular weight excluding hydrogens is 283 g/mol. The van der Waals surface area contributed by atoms with Crippen LogP contribution in [-0.2, 0) is 16.1 Å².